The summed E-state index contributed by atoms with van der Waals surface area (Å²) in [5, 5.41) is 12.5. The van der Waals surface area contributed by atoms with Crippen LogP contribution in [0.3, 0.4) is 0 Å². The van der Waals surface area contributed by atoms with E-state index >= 15 is 0 Å². The largest absolute Gasteiger partial charge is 0.378 e. The SMILES string of the molecule is CC(C)C1CC(NCc2cccc(C#N)c2)CCO1. The molecule has 0 amide bonds. The van der Waals surface area contributed by atoms with E-state index in [1.54, 1.807) is 0 Å². The molecule has 0 radical (unpaired) electrons. The summed E-state index contributed by atoms with van der Waals surface area (Å²) in [5.74, 6) is 0.575. The van der Waals surface area contributed by atoms with Crippen LogP contribution in [0.15, 0.2) is 24.3 Å². The molecule has 0 aliphatic carbocycles. The zero-order valence-electron chi connectivity index (χ0n) is 11.7. The van der Waals surface area contributed by atoms with Gasteiger partial charge in [0.15, 0.2) is 0 Å². The number of ether oxygens (including phenoxy) is 1. The average Bonchev–Trinajstić information content (AvgIpc) is 2.45. The summed E-state index contributed by atoms with van der Waals surface area (Å²) in [7, 11) is 0. The fourth-order valence-electron chi connectivity index (χ4n) is 2.49. The van der Waals surface area contributed by atoms with E-state index in [0.717, 1.165) is 31.6 Å². The Morgan fingerprint density at radius 3 is 3.05 bits per heavy atom. The maximum atomic E-state index is 8.89. The molecule has 1 aliphatic heterocycles. The van der Waals surface area contributed by atoms with E-state index in [1.165, 1.54) is 5.56 Å². The van der Waals surface area contributed by atoms with Crippen LogP contribution >= 0.6 is 0 Å². The van der Waals surface area contributed by atoms with E-state index in [2.05, 4.69) is 31.3 Å². The van der Waals surface area contributed by atoms with E-state index in [4.69, 9.17) is 10.00 Å². The van der Waals surface area contributed by atoms with Crippen molar-refractivity contribution in [2.24, 2.45) is 5.92 Å². The third-order valence-electron chi connectivity index (χ3n) is 3.71. The van der Waals surface area contributed by atoms with E-state index in [1.807, 2.05) is 18.2 Å². The predicted octanol–water partition coefficient (Wildman–Crippen LogP) is 2.85. The Balaban J connectivity index is 1.86. The molecule has 0 spiro atoms. The van der Waals surface area contributed by atoms with Gasteiger partial charge in [-0.3, -0.25) is 0 Å². The minimum atomic E-state index is 0.372. The lowest BCUT2D eigenvalue weighted by atomic mass is 9.95. The molecule has 1 fully saturated rings. The van der Waals surface area contributed by atoms with Crippen LogP contribution < -0.4 is 5.32 Å². The highest BCUT2D eigenvalue weighted by Gasteiger charge is 2.24. The Bertz CT molecular complexity index is 450. The molecule has 1 N–H and O–H groups in total. The molecular weight excluding hydrogens is 236 g/mol. The van der Waals surface area contributed by atoms with E-state index in [9.17, 15) is 0 Å². The van der Waals surface area contributed by atoms with E-state index < -0.39 is 0 Å². The second-order valence-electron chi connectivity index (χ2n) is 5.57. The van der Waals surface area contributed by atoms with Crippen LogP contribution in [0, 0.1) is 17.2 Å². The average molecular weight is 258 g/mol. The summed E-state index contributed by atoms with van der Waals surface area (Å²) in [6.45, 7) is 6.09. The lowest BCUT2D eigenvalue weighted by Gasteiger charge is -2.32. The van der Waals surface area contributed by atoms with Crippen LogP contribution in [0.5, 0.6) is 0 Å². The number of hydrogen-bond acceptors (Lipinski definition) is 3. The van der Waals surface area contributed by atoms with E-state index in [0.29, 0.717) is 18.1 Å². The van der Waals surface area contributed by atoms with Crippen molar-refractivity contribution in [3.05, 3.63) is 35.4 Å². The van der Waals surface area contributed by atoms with Gasteiger partial charge in [-0.1, -0.05) is 26.0 Å². The summed E-state index contributed by atoms with van der Waals surface area (Å²) in [5.41, 5.74) is 1.90. The van der Waals surface area contributed by atoms with Gasteiger partial charge in [0.05, 0.1) is 17.7 Å². The predicted molar refractivity (Wildman–Crippen MR) is 75.6 cm³/mol. The Kier molecular flexibility index (Phi) is 4.95. The second kappa shape index (κ2) is 6.70. The topological polar surface area (TPSA) is 45.0 Å². The minimum absolute atomic E-state index is 0.372. The summed E-state index contributed by atoms with van der Waals surface area (Å²) in [6.07, 6.45) is 2.52. The van der Waals surface area contributed by atoms with Gasteiger partial charge in [-0.15, -0.1) is 0 Å². The van der Waals surface area contributed by atoms with Crippen LogP contribution in [0.4, 0.5) is 0 Å². The first-order valence-electron chi connectivity index (χ1n) is 7.03. The highest BCUT2D eigenvalue weighted by Crippen LogP contribution is 2.20. The molecule has 102 valence electrons. The minimum Gasteiger partial charge on any atom is -0.378 e. The van der Waals surface area contributed by atoms with Gasteiger partial charge in [-0.2, -0.15) is 5.26 Å². The summed E-state index contributed by atoms with van der Waals surface area (Å²) >= 11 is 0. The first-order valence-corrected chi connectivity index (χ1v) is 7.03. The summed E-state index contributed by atoms with van der Waals surface area (Å²) in [6, 6.07) is 10.5. The number of nitrogens with one attached hydrogen (secondary N) is 1. The number of nitriles is 1. The fourth-order valence-corrected chi connectivity index (χ4v) is 2.49. The Hall–Kier alpha value is -1.37. The van der Waals surface area contributed by atoms with Gasteiger partial charge in [-0.25, -0.2) is 0 Å². The van der Waals surface area contributed by atoms with Crippen molar-refractivity contribution < 1.29 is 4.74 Å². The summed E-state index contributed by atoms with van der Waals surface area (Å²) in [4.78, 5) is 0. The Morgan fingerprint density at radius 2 is 2.32 bits per heavy atom. The van der Waals surface area contributed by atoms with Gasteiger partial charge in [0.25, 0.3) is 0 Å². The van der Waals surface area contributed by atoms with Crippen molar-refractivity contribution in [2.75, 3.05) is 6.61 Å². The molecule has 1 heterocycles. The number of hydrogen-bond donors (Lipinski definition) is 1. The van der Waals surface area contributed by atoms with E-state index in [-0.39, 0.29) is 0 Å². The maximum absolute atomic E-state index is 8.89. The first kappa shape index (κ1) is 14.0. The second-order valence-corrected chi connectivity index (χ2v) is 5.57. The van der Waals surface area contributed by atoms with Crippen LogP contribution in [0.25, 0.3) is 0 Å². The molecule has 3 nitrogen and oxygen atoms in total. The Labute approximate surface area is 115 Å². The number of nitrogens with zero attached hydrogens (tertiary/aromatic N) is 1. The molecule has 19 heavy (non-hydrogen) atoms. The molecule has 2 atom stereocenters. The fraction of sp³-hybridized carbons (Fsp3) is 0.562. The molecule has 0 bridgehead atoms. The van der Waals surface area contributed by atoms with Crippen molar-refractivity contribution in [1.82, 2.24) is 5.32 Å². The smallest absolute Gasteiger partial charge is 0.0991 e. The van der Waals surface area contributed by atoms with Crippen LogP contribution in [0.2, 0.25) is 0 Å². The van der Waals surface area contributed by atoms with Crippen molar-refractivity contribution in [2.45, 2.75) is 45.4 Å². The van der Waals surface area contributed by atoms with Gasteiger partial charge in [0.2, 0.25) is 0 Å². The van der Waals surface area contributed by atoms with Gasteiger partial charge < -0.3 is 10.1 Å². The highest BCUT2D eigenvalue weighted by molar-refractivity contribution is 5.32. The standard InChI is InChI=1S/C16H22N2O/c1-12(2)16-9-15(6-7-19-16)18-11-14-5-3-4-13(8-14)10-17/h3-5,8,12,15-16,18H,6-7,9,11H2,1-2H3. The quantitative estimate of drug-likeness (QED) is 0.903. The zero-order chi connectivity index (χ0) is 13.7. The molecule has 0 aromatic heterocycles. The molecule has 1 saturated heterocycles. The molecule has 1 aromatic rings. The summed E-state index contributed by atoms with van der Waals surface area (Å²) < 4.78 is 5.78. The van der Waals surface area contributed by atoms with Crippen molar-refractivity contribution in [3.63, 3.8) is 0 Å². The van der Waals surface area contributed by atoms with Gasteiger partial charge in [0.1, 0.15) is 0 Å². The van der Waals surface area contributed by atoms with Gasteiger partial charge in [0, 0.05) is 19.2 Å². The molecule has 3 heteroatoms. The number of benzene rings is 1. The van der Waals surface area contributed by atoms with Crippen molar-refractivity contribution in [3.8, 4) is 6.07 Å². The first-order chi connectivity index (χ1) is 9.19. The third-order valence-corrected chi connectivity index (χ3v) is 3.71. The van der Waals surface area contributed by atoms with Crippen molar-refractivity contribution >= 4 is 0 Å². The Morgan fingerprint density at radius 1 is 1.47 bits per heavy atom. The van der Waals surface area contributed by atoms with Crippen LogP contribution in [0.1, 0.15) is 37.8 Å². The normalized spacial score (nSPS) is 23.3. The molecule has 0 saturated carbocycles. The molecule has 2 rings (SSSR count). The maximum Gasteiger partial charge on any atom is 0.0991 e. The van der Waals surface area contributed by atoms with Crippen molar-refractivity contribution in [1.29, 1.82) is 5.26 Å². The lowest BCUT2D eigenvalue weighted by molar-refractivity contribution is -0.0245. The molecule has 1 aliphatic rings. The molecule has 1 aromatic carbocycles. The van der Waals surface area contributed by atoms with Crippen LogP contribution in [-0.4, -0.2) is 18.8 Å². The molecular formula is C16H22N2O. The van der Waals surface area contributed by atoms with Crippen LogP contribution in [-0.2, 0) is 11.3 Å². The van der Waals surface area contributed by atoms with Gasteiger partial charge >= 0.3 is 0 Å². The lowest BCUT2D eigenvalue weighted by Crippen LogP contribution is -2.40. The van der Waals surface area contributed by atoms with Gasteiger partial charge in [-0.05, 0) is 36.5 Å². The zero-order valence-corrected chi connectivity index (χ0v) is 11.7. The monoisotopic (exact) mass is 258 g/mol. The third kappa shape index (κ3) is 4.05. The highest BCUT2D eigenvalue weighted by atomic mass is 16.5. The number of rotatable bonds is 4. The molecule has 2 unspecified atom stereocenters.